The zero-order chi connectivity index (χ0) is 26.2. The second-order valence-corrected chi connectivity index (χ2v) is 8.48. The number of carbonyl (C=O) groups excluding carboxylic acids is 1. The zero-order valence-corrected chi connectivity index (χ0v) is 20.4. The summed E-state index contributed by atoms with van der Waals surface area (Å²) < 4.78 is 47.8. The van der Waals surface area contributed by atoms with Gasteiger partial charge in [-0.25, -0.2) is 23.5 Å². The number of fused-ring (bicyclic) bond motifs is 1. The van der Waals surface area contributed by atoms with Crippen molar-refractivity contribution in [2.45, 2.75) is 38.8 Å². The molecule has 0 aliphatic carbocycles. The Hall–Kier alpha value is -4.35. The molecule has 12 heteroatoms. The molecule has 37 heavy (non-hydrogen) atoms. The average Bonchev–Trinajstić information content (AvgIpc) is 3.53. The van der Waals surface area contributed by atoms with Gasteiger partial charge in [-0.2, -0.15) is 0 Å². The van der Waals surface area contributed by atoms with Gasteiger partial charge in [0.1, 0.15) is 17.1 Å². The number of methoxy groups -OCH3 is 1. The average molecular weight is 511 g/mol. The van der Waals surface area contributed by atoms with Crippen LogP contribution < -0.4 is 9.47 Å². The van der Waals surface area contributed by atoms with E-state index in [9.17, 15) is 13.6 Å². The summed E-state index contributed by atoms with van der Waals surface area (Å²) in [5.41, 5.74) is 0.285. The lowest BCUT2D eigenvalue weighted by atomic mass is 9.92. The minimum atomic E-state index is -1.71. The van der Waals surface area contributed by atoms with E-state index in [-0.39, 0.29) is 24.6 Å². The third kappa shape index (κ3) is 4.28. The van der Waals surface area contributed by atoms with E-state index in [1.54, 1.807) is 28.5 Å². The van der Waals surface area contributed by atoms with Gasteiger partial charge in [0.2, 0.25) is 5.88 Å². The Morgan fingerprint density at radius 2 is 2.00 bits per heavy atom. The van der Waals surface area contributed by atoms with Gasteiger partial charge in [-0.1, -0.05) is 0 Å². The number of ether oxygens (including phenoxy) is 3. The van der Waals surface area contributed by atoms with Crippen LogP contribution in [0, 0.1) is 18.6 Å². The Balaban J connectivity index is 1.58. The first kappa shape index (κ1) is 24.3. The first-order valence-electron chi connectivity index (χ1n) is 11.7. The number of hydrogen-bond donors (Lipinski definition) is 0. The van der Waals surface area contributed by atoms with Crippen molar-refractivity contribution in [3.05, 3.63) is 66.0 Å². The summed E-state index contributed by atoms with van der Waals surface area (Å²) in [6.07, 6.45) is 4.22. The van der Waals surface area contributed by atoms with Crippen LogP contribution in [0.1, 0.15) is 31.3 Å². The number of pyridine rings is 1. The van der Waals surface area contributed by atoms with Crippen molar-refractivity contribution in [2.24, 2.45) is 0 Å². The predicted octanol–water partition coefficient (Wildman–Crippen LogP) is 3.75. The van der Waals surface area contributed by atoms with Crippen LogP contribution in [0.2, 0.25) is 0 Å². The molecule has 0 amide bonds. The minimum Gasteiger partial charge on any atom is -0.479 e. The van der Waals surface area contributed by atoms with Crippen LogP contribution in [0.5, 0.6) is 11.6 Å². The molecule has 1 aliphatic rings. The molecule has 0 fully saturated rings. The van der Waals surface area contributed by atoms with E-state index >= 15 is 0 Å². The molecule has 5 rings (SSSR count). The van der Waals surface area contributed by atoms with Crippen molar-refractivity contribution in [3.63, 3.8) is 0 Å². The highest BCUT2D eigenvalue weighted by Gasteiger charge is 2.51. The number of esters is 1. The standard InChI is InChI=1S/C25H24F2N6O4/c1-4-36-24(34)25(37-16-6-7-17(26)18(27)12-16)10-5-11-33-21(30-31-23(25)33)19-8-9-20(22(29-19)35-3)32-13-15(2)28-14-32/h6-9,12-14H,4-5,10-11H2,1-3H3. The molecule has 1 aromatic carbocycles. The van der Waals surface area contributed by atoms with Gasteiger partial charge in [-0.15, -0.1) is 10.2 Å². The molecule has 3 aromatic heterocycles. The van der Waals surface area contributed by atoms with Crippen molar-refractivity contribution in [1.82, 2.24) is 29.3 Å². The molecule has 0 saturated heterocycles. The van der Waals surface area contributed by atoms with E-state index in [2.05, 4.69) is 20.2 Å². The number of halogens is 2. The fraction of sp³-hybridized carbons (Fsp3) is 0.320. The highest BCUT2D eigenvalue weighted by atomic mass is 19.2. The van der Waals surface area contributed by atoms with E-state index in [4.69, 9.17) is 14.2 Å². The maximum atomic E-state index is 13.9. The van der Waals surface area contributed by atoms with Crippen molar-refractivity contribution < 1.29 is 27.8 Å². The highest BCUT2D eigenvalue weighted by molar-refractivity contribution is 5.81. The molecule has 1 atom stereocenters. The lowest BCUT2D eigenvalue weighted by Crippen LogP contribution is -2.47. The Morgan fingerprint density at radius 1 is 1.16 bits per heavy atom. The summed E-state index contributed by atoms with van der Waals surface area (Å²) in [4.78, 5) is 22.1. The normalized spacial score (nSPS) is 16.8. The van der Waals surface area contributed by atoms with Crippen LogP contribution >= 0.6 is 0 Å². The van der Waals surface area contributed by atoms with Crippen molar-refractivity contribution in [2.75, 3.05) is 13.7 Å². The molecule has 0 bridgehead atoms. The second-order valence-electron chi connectivity index (χ2n) is 8.48. The molecule has 10 nitrogen and oxygen atoms in total. The molecular formula is C25H24F2N6O4. The van der Waals surface area contributed by atoms with Crippen molar-refractivity contribution in [1.29, 1.82) is 0 Å². The van der Waals surface area contributed by atoms with Crippen LogP contribution in [0.15, 0.2) is 42.9 Å². The Kier molecular flexibility index (Phi) is 6.32. The topological polar surface area (TPSA) is 106 Å². The Labute approximate surface area is 210 Å². The minimum absolute atomic E-state index is 0.0373. The molecule has 1 unspecified atom stereocenters. The van der Waals surface area contributed by atoms with Crippen molar-refractivity contribution in [3.8, 4) is 28.8 Å². The monoisotopic (exact) mass is 510 g/mol. The Bertz CT molecular complexity index is 1470. The lowest BCUT2D eigenvalue weighted by molar-refractivity contribution is -0.166. The molecule has 192 valence electrons. The molecule has 0 N–H and O–H groups in total. The summed E-state index contributed by atoms with van der Waals surface area (Å²) in [6, 6.07) is 6.65. The molecule has 0 spiro atoms. The number of aryl methyl sites for hydroxylation is 1. The van der Waals surface area contributed by atoms with E-state index in [0.29, 0.717) is 36.1 Å². The molecular weight excluding hydrogens is 486 g/mol. The van der Waals surface area contributed by atoms with Crippen LogP contribution in [0.25, 0.3) is 17.2 Å². The van der Waals surface area contributed by atoms with Crippen molar-refractivity contribution >= 4 is 5.97 Å². The first-order chi connectivity index (χ1) is 17.9. The summed E-state index contributed by atoms with van der Waals surface area (Å²) in [6.45, 7) is 4.12. The lowest BCUT2D eigenvalue weighted by Gasteiger charge is -2.34. The number of imidazole rings is 1. The summed E-state index contributed by atoms with van der Waals surface area (Å²) >= 11 is 0. The van der Waals surface area contributed by atoms with Crippen LogP contribution in [-0.4, -0.2) is 49.0 Å². The summed E-state index contributed by atoms with van der Waals surface area (Å²) in [5.74, 6) is -1.94. The van der Waals surface area contributed by atoms with Gasteiger partial charge >= 0.3 is 5.97 Å². The summed E-state index contributed by atoms with van der Waals surface area (Å²) in [7, 11) is 1.51. The molecule has 1 aliphatic heterocycles. The summed E-state index contributed by atoms with van der Waals surface area (Å²) in [5, 5.41) is 8.60. The fourth-order valence-electron chi connectivity index (χ4n) is 4.38. The SMILES string of the molecule is CCOC(=O)C1(Oc2ccc(F)c(F)c2)CCCn2c(-c3ccc(-n4cnc(C)c4)c(OC)n3)nnc21. The number of hydrogen-bond acceptors (Lipinski definition) is 8. The number of aromatic nitrogens is 6. The zero-order valence-electron chi connectivity index (χ0n) is 20.4. The van der Waals surface area contributed by atoms with Gasteiger partial charge in [-0.3, -0.25) is 0 Å². The van der Waals surface area contributed by atoms with E-state index in [0.717, 1.165) is 17.8 Å². The molecule has 0 saturated carbocycles. The number of nitrogens with zero attached hydrogens (tertiary/aromatic N) is 6. The molecule has 0 radical (unpaired) electrons. The van der Waals surface area contributed by atoms with Crippen LogP contribution in [0.4, 0.5) is 8.78 Å². The fourth-order valence-corrected chi connectivity index (χ4v) is 4.38. The van der Waals surface area contributed by atoms with Crippen LogP contribution in [0.3, 0.4) is 0 Å². The van der Waals surface area contributed by atoms with E-state index < -0.39 is 23.2 Å². The second kappa shape index (κ2) is 9.60. The smallest absolute Gasteiger partial charge is 0.358 e. The van der Waals surface area contributed by atoms with E-state index in [1.165, 1.54) is 13.2 Å². The van der Waals surface area contributed by atoms with Crippen LogP contribution in [-0.2, 0) is 21.7 Å². The largest absolute Gasteiger partial charge is 0.479 e. The van der Waals surface area contributed by atoms with Gasteiger partial charge in [-0.05, 0) is 44.5 Å². The van der Waals surface area contributed by atoms with Gasteiger partial charge in [0.15, 0.2) is 23.3 Å². The third-order valence-corrected chi connectivity index (χ3v) is 6.06. The molecule has 4 aromatic rings. The van der Waals surface area contributed by atoms with E-state index in [1.807, 2.05) is 19.2 Å². The highest BCUT2D eigenvalue weighted by Crippen LogP contribution is 2.39. The quantitative estimate of drug-likeness (QED) is 0.346. The molecule has 4 heterocycles. The van der Waals surface area contributed by atoms with Gasteiger partial charge in [0.05, 0.1) is 25.7 Å². The predicted molar refractivity (Wildman–Crippen MR) is 126 cm³/mol. The van der Waals surface area contributed by atoms with Gasteiger partial charge in [0, 0.05) is 25.2 Å². The third-order valence-electron chi connectivity index (χ3n) is 6.06. The maximum absolute atomic E-state index is 13.9. The van der Waals surface area contributed by atoms with Gasteiger partial charge < -0.3 is 23.3 Å². The number of benzene rings is 1. The maximum Gasteiger partial charge on any atom is 0.358 e. The number of rotatable bonds is 7. The van der Waals surface area contributed by atoms with Gasteiger partial charge in [0.25, 0.3) is 5.60 Å². The number of carbonyl (C=O) groups is 1. The Morgan fingerprint density at radius 3 is 2.70 bits per heavy atom. The first-order valence-corrected chi connectivity index (χ1v) is 11.7.